The molecule has 0 bridgehead atoms. The molecule has 1 unspecified atom stereocenters. The normalized spacial score (nSPS) is 19.0. The molecule has 1 saturated carbocycles. The van der Waals surface area contributed by atoms with E-state index in [9.17, 15) is 13.0 Å². The van der Waals surface area contributed by atoms with E-state index in [-0.39, 0.29) is 16.4 Å². The molecule has 0 amide bonds. The largest absolute Gasteiger partial charge is 0.370 e. The molecule has 0 aliphatic heterocycles. The first-order chi connectivity index (χ1) is 8.93. The van der Waals surface area contributed by atoms with E-state index in [1.807, 2.05) is 0 Å². The molecule has 1 fully saturated rings. The summed E-state index contributed by atoms with van der Waals surface area (Å²) in [6.07, 6.45) is 3.33. The summed E-state index contributed by atoms with van der Waals surface area (Å²) in [4.78, 5) is 4.05. The molecule has 0 radical (unpaired) electrons. The summed E-state index contributed by atoms with van der Waals surface area (Å²) in [6.45, 7) is 0.325. The summed E-state index contributed by atoms with van der Waals surface area (Å²) >= 11 is 0. The highest BCUT2D eigenvalue weighted by molar-refractivity contribution is 7.86. The minimum absolute atomic E-state index is 0.0128. The fourth-order valence-corrected chi connectivity index (χ4v) is 2.60. The smallest absolute Gasteiger partial charge is 0.193 e. The summed E-state index contributed by atoms with van der Waals surface area (Å²) in [7, 11) is -0.960. The third kappa shape index (κ3) is 3.28. The SMILES string of the molecule is CS(=O)C1(CN=C(N)Nc2cc(F)ccc2F)CC1. The van der Waals surface area contributed by atoms with E-state index < -0.39 is 22.4 Å². The van der Waals surface area contributed by atoms with Crippen LogP contribution in [0.2, 0.25) is 0 Å². The topological polar surface area (TPSA) is 67.5 Å². The van der Waals surface area contributed by atoms with E-state index in [0.29, 0.717) is 6.54 Å². The van der Waals surface area contributed by atoms with Crippen LogP contribution >= 0.6 is 0 Å². The first kappa shape index (κ1) is 13.9. The molecular formula is C12H15F2N3OS. The predicted octanol–water partition coefficient (Wildman–Crippen LogP) is 1.60. The maximum absolute atomic E-state index is 13.4. The number of nitrogens with two attached hydrogens (primary N) is 1. The van der Waals surface area contributed by atoms with Gasteiger partial charge in [0.1, 0.15) is 11.6 Å². The molecule has 1 aromatic rings. The number of aliphatic imine (C=N–C) groups is 1. The third-order valence-corrected chi connectivity index (χ3v) is 4.90. The molecular weight excluding hydrogens is 272 g/mol. The number of rotatable bonds is 4. The zero-order chi connectivity index (χ0) is 14.0. The second kappa shape index (κ2) is 5.24. The molecule has 0 saturated heterocycles. The molecule has 2 rings (SSSR count). The van der Waals surface area contributed by atoms with Gasteiger partial charge >= 0.3 is 0 Å². The number of nitrogens with one attached hydrogen (secondary N) is 1. The van der Waals surface area contributed by atoms with Crippen molar-refractivity contribution in [3.63, 3.8) is 0 Å². The third-order valence-electron chi connectivity index (χ3n) is 3.15. The zero-order valence-corrected chi connectivity index (χ0v) is 11.3. The summed E-state index contributed by atoms with van der Waals surface area (Å²) in [5.41, 5.74) is 5.54. The van der Waals surface area contributed by atoms with Gasteiger partial charge in [0.05, 0.1) is 17.0 Å². The highest BCUT2D eigenvalue weighted by atomic mass is 32.2. The second-order valence-electron chi connectivity index (χ2n) is 4.59. The Morgan fingerprint density at radius 2 is 2.21 bits per heavy atom. The number of hydrogen-bond donors (Lipinski definition) is 2. The van der Waals surface area contributed by atoms with Crippen molar-refractivity contribution in [2.24, 2.45) is 10.7 Å². The number of halogens is 2. The molecule has 1 aliphatic rings. The maximum Gasteiger partial charge on any atom is 0.193 e. The van der Waals surface area contributed by atoms with Crippen LogP contribution in [-0.4, -0.2) is 27.7 Å². The number of hydrogen-bond acceptors (Lipinski definition) is 2. The van der Waals surface area contributed by atoms with Gasteiger partial charge in [-0.2, -0.15) is 0 Å². The van der Waals surface area contributed by atoms with Crippen LogP contribution in [0.15, 0.2) is 23.2 Å². The first-order valence-electron chi connectivity index (χ1n) is 5.78. The predicted molar refractivity (Wildman–Crippen MR) is 72.5 cm³/mol. The van der Waals surface area contributed by atoms with Gasteiger partial charge in [0.25, 0.3) is 0 Å². The van der Waals surface area contributed by atoms with Gasteiger partial charge in [0.2, 0.25) is 0 Å². The van der Waals surface area contributed by atoms with Crippen molar-refractivity contribution in [3.05, 3.63) is 29.8 Å². The standard InChI is InChI=1S/C12H15F2N3OS/c1-19(18)12(4-5-12)7-16-11(15)17-10-6-8(13)2-3-9(10)14/h2-3,6H,4-5,7H2,1H3,(H3,15,16,17). The number of benzene rings is 1. The summed E-state index contributed by atoms with van der Waals surface area (Å²) in [5, 5.41) is 2.50. The number of nitrogens with zero attached hydrogens (tertiary/aromatic N) is 1. The minimum atomic E-state index is -0.960. The van der Waals surface area contributed by atoms with E-state index in [4.69, 9.17) is 5.73 Å². The quantitative estimate of drug-likeness (QED) is 0.653. The van der Waals surface area contributed by atoms with Crippen LogP contribution in [0.3, 0.4) is 0 Å². The van der Waals surface area contributed by atoms with Crippen LogP contribution in [0.4, 0.5) is 14.5 Å². The van der Waals surface area contributed by atoms with Gasteiger partial charge < -0.3 is 11.1 Å². The van der Waals surface area contributed by atoms with Crippen LogP contribution in [0.25, 0.3) is 0 Å². The van der Waals surface area contributed by atoms with Crippen molar-refractivity contribution in [1.29, 1.82) is 0 Å². The van der Waals surface area contributed by atoms with Crippen LogP contribution in [0.5, 0.6) is 0 Å². The summed E-state index contributed by atoms with van der Waals surface area (Å²) < 4.78 is 37.5. The lowest BCUT2D eigenvalue weighted by Crippen LogP contribution is -2.27. The molecule has 3 N–H and O–H groups in total. The number of anilines is 1. The zero-order valence-electron chi connectivity index (χ0n) is 10.5. The van der Waals surface area contributed by atoms with Crippen molar-refractivity contribution in [2.45, 2.75) is 17.6 Å². The highest BCUT2D eigenvalue weighted by Crippen LogP contribution is 2.41. The fourth-order valence-electron chi connectivity index (χ4n) is 1.68. The lowest BCUT2D eigenvalue weighted by Gasteiger charge is -2.10. The van der Waals surface area contributed by atoms with Crippen LogP contribution < -0.4 is 11.1 Å². The van der Waals surface area contributed by atoms with Gasteiger partial charge in [0, 0.05) is 23.1 Å². The van der Waals surface area contributed by atoms with E-state index >= 15 is 0 Å². The van der Waals surface area contributed by atoms with Crippen molar-refractivity contribution in [1.82, 2.24) is 0 Å². The molecule has 4 nitrogen and oxygen atoms in total. The van der Waals surface area contributed by atoms with Crippen molar-refractivity contribution in [2.75, 3.05) is 18.1 Å². The van der Waals surface area contributed by atoms with Gasteiger partial charge in [-0.05, 0) is 25.0 Å². The van der Waals surface area contributed by atoms with Gasteiger partial charge in [-0.3, -0.25) is 9.20 Å². The Labute approximate surface area is 112 Å². The van der Waals surface area contributed by atoms with Gasteiger partial charge in [-0.15, -0.1) is 0 Å². The Balaban J connectivity index is 2.03. The molecule has 0 heterocycles. The van der Waals surface area contributed by atoms with Gasteiger partial charge in [0.15, 0.2) is 5.96 Å². The Morgan fingerprint density at radius 3 is 2.79 bits per heavy atom. The molecule has 1 aliphatic carbocycles. The molecule has 0 spiro atoms. The molecule has 1 atom stereocenters. The first-order valence-corrected chi connectivity index (χ1v) is 7.34. The van der Waals surface area contributed by atoms with E-state index in [2.05, 4.69) is 10.3 Å². The van der Waals surface area contributed by atoms with Crippen LogP contribution in [0.1, 0.15) is 12.8 Å². The van der Waals surface area contributed by atoms with Crippen LogP contribution in [0, 0.1) is 11.6 Å². The highest BCUT2D eigenvalue weighted by Gasteiger charge is 2.46. The van der Waals surface area contributed by atoms with Gasteiger partial charge in [-0.25, -0.2) is 8.78 Å². The van der Waals surface area contributed by atoms with E-state index in [0.717, 1.165) is 31.0 Å². The molecule has 0 aromatic heterocycles. The monoisotopic (exact) mass is 287 g/mol. The Morgan fingerprint density at radius 1 is 1.53 bits per heavy atom. The molecule has 1 aromatic carbocycles. The lowest BCUT2D eigenvalue weighted by molar-refractivity contribution is 0.604. The molecule has 7 heteroatoms. The van der Waals surface area contributed by atoms with Crippen molar-refractivity contribution in [3.8, 4) is 0 Å². The van der Waals surface area contributed by atoms with Crippen LogP contribution in [-0.2, 0) is 10.8 Å². The van der Waals surface area contributed by atoms with Crippen molar-refractivity contribution < 1.29 is 13.0 Å². The second-order valence-corrected chi connectivity index (χ2v) is 6.36. The minimum Gasteiger partial charge on any atom is -0.370 e. The fraction of sp³-hybridized carbons (Fsp3) is 0.417. The maximum atomic E-state index is 13.4. The van der Waals surface area contributed by atoms with Gasteiger partial charge in [-0.1, -0.05) is 0 Å². The summed E-state index contributed by atoms with van der Waals surface area (Å²) in [6, 6.07) is 3.03. The Kier molecular flexibility index (Phi) is 3.84. The lowest BCUT2D eigenvalue weighted by atomic mass is 10.3. The summed E-state index contributed by atoms with van der Waals surface area (Å²) in [5.74, 6) is -1.19. The van der Waals surface area contributed by atoms with E-state index in [1.54, 1.807) is 6.26 Å². The van der Waals surface area contributed by atoms with Crippen molar-refractivity contribution >= 4 is 22.4 Å². The molecule has 104 valence electrons. The average molecular weight is 287 g/mol. The Hall–Kier alpha value is -1.50. The average Bonchev–Trinajstić information content (AvgIpc) is 3.12. The Bertz CT molecular complexity index is 544. The molecule has 19 heavy (non-hydrogen) atoms. The number of guanidine groups is 1. The van der Waals surface area contributed by atoms with E-state index in [1.165, 1.54) is 0 Å².